The predicted octanol–water partition coefficient (Wildman–Crippen LogP) is 3.40. The number of aliphatic hydroxyl groups excluding tert-OH is 1. The van der Waals surface area contributed by atoms with Crippen molar-refractivity contribution < 1.29 is 14.8 Å². The molecular weight excluding hydrogens is 272 g/mol. The van der Waals surface area contributed by atoms with E-state index in [9.17, 15) is 15.2 Å². The van der Waals surface area contributed by atoms with E-state index < -0.39 is 11.0 Å². The number of nitrogens with zero attached hydrogens (tertiary/aromatic N) is 2. The number of hydrogen-bond donors (Lipinski definition) is 1. The Morgan fingerprint density at radius 2 is 2.14 bits per heavy atom. The van der Waals surface area contributed by atoms with Crippen molar-refractivity contribution in [3.8, 4) is 11.5 Å². The van der Waals surface area contributed by atoms with Crippen molar-refractivity contribution >= 4 is 5.69 Å². The first-order valence-electron chi connectivity index (χ1n) is 6.60. The van der Waals surface area contributed by atoms with Gasteiger partial charge >= 0.3 is 5.69 Å². The number of aromatic nitrogens is 1. The van der Waals surface area contributed by atoms with Crippen LogP contribution in [0.15, 0.2) is 36.5 Å². The zero-order chi connectivity index (χ0) is 15.4. The Kier molecular flexibility index (Phi) is 4.49. The molecule has 110 valence electrons. The van der Waals surface area contributed by atoms with E-state index in [0.717, 1.165) is 5.56 Å². The molecule has 1 N–H and O–H groups in total. The molecule has 0 bridgehead atoms. The Morgan fingerprint density at radius 3 is 2.67 bits per heavy atom. The Hall–Kier alpha value is -2.47. The lowest BCUT2D eigenvalue weighted by Gasteiger charge is -2.08. The quantitative estimate of drug-likeness (QED) is 0.673. The van der Waals surface area contributed by atoms with Gasteiger partial charge in [0.2, 0.25) is 5.75 Å². The van der Waals surface area contributed by atoms with Gasteiger partial charge in [-0.15, -0.1) is 0 Å². The minimum absolute atomic E-state index is 0.0750. The molecule has 0 saturated heterocycles. The summed E-state index contributed by atoms with van der Waals surface area (Å²) in [6.45, 7) is 3.54. The summed E-state index contributed by atoms with van der Waals surface area (Å²) in [6.07, 6.45) is 1.47. The average molecular weight is 288 g/mol. The zero-order valence-corrected chi connectivity index (χ0v) is 11.8. The van der Waals surface area contributed by atoms with E-state index in [1.807, 2.05) is 6.92 Å². The number of aliphatic hydroxyl groups is 1. The molecule has 1 atom stereocenters. The molecule has 0 aliphatic rings. The maximum atomic E-state index is 11.1. The predicted molar refractivity (Wildman–Crippen MR) is 77.4 cm³/mol. The van der Waals surface area contributed by atoms with Gasteiger partial charge < -0.3 is 9.84 Å². The molecule has 0 radical (unpaired) electrons. The molecule has 0 amide bonds. The fourth-order valence-corrected chi connectivity index (χ4v) is 1.84. The van der Waals surface area contributed by atoms with Crippen molar-refractivity contribution in [3.63, 3.8) is 0 Å². The Morgan fingerprint density at radius 1 is 1.38 bits per heavy atom. The second-order valence-electron chi connectivity index (χ2n) is 4.61. The SMILES string of the molecule is CCc1ccc(Oc2ccc(C(C)O)nc2)c([N+](=O)[O-])c1. The van der Waals surface area contributed by atoms with Gasteiger partial charge in [-0.3, -0.25) is 15.1 Å². The summed E-state index contributed by atoms with van der Waals surface area (Å²) in [5, 5.41) is 20.5. The molecule has 1 unspecified atom stereocenters. The number of pyridine rings is 1. The van der Waals surface area contributed by atoms with E-state index in [0.29, 0.717) is 17.9 Å². The van der Waals surface area contributed by atoms with Crippen molar-refractivity contribution in [3.05, 3.63) is 57.9 Å². The van der Waals surface area contributed by atoms with E-state index in [-0.39, 0.29) is 11.4 Å². The number of nitro benzene ring substituents is 1. The van der Waals surface area contributed by atoms with E-state index in [1.54, 1.807) is 31.2 Å². The highest BCUT2D eigenvalue weighted by atomic mass is 16.6. The summed E-state index contributed by atoms with van der Waals surface area (Å²) in [6, 6.07) is 8.12. The van der Waals surface area contributed by atoms with E-state index in [1.165, 1.54) is 12.3 Å². The third kappa shape index (κ3) is 3.55. The molecule has 0 aliphatic heterocycles. The number of hydrogen-bond acceptors (Lipinski definition) is 5. The van der Waals surface area contributed by atoms with Gasteiger partial charge in [-0.1, -0.05) is 13.0 Å². The molecule has 21 heavy (non-hydrogen) atoms. The molecule has 0 saturated carbocycles. The van der Waals surface area contributed by atoms with E-state index >= 15 is 0 Å². The number of benzene rings is 1. The molecular formula is C15H16N2O4. The summed E-state index contributed by atoms with van der Waals surface area (Å²) in [4.78, 5) is 14.7. The minimum Gasteiger partial charge on any atom is -0.449 e. The monoisotopic (exact) mass is 288 g/mol. The molecule has 2 aromatic rings. The topological polar surface area (TPSA) is 85.5 Å². The van der Waals surface area contributed by atoms with Crippen LogP contribution in [0.25, 0.3) is 0 Å². The number of aryl methyl sites for hydroxylation is 1. The summed E-state index contributed by atoms with van der Waals surface area (Å²) in [5.74, 6) is 0.551. The Balaban J connectivity index is 2.28. The molecule has 0 aliphatic carbocycles. The third-order valence-corrected chi connectivity index (χ3v) is 3.04. The van der Waals surface area contributed by atoms with Crippen LogP contribution in [-0.4, -0.2) is 15.0 Å². The Bertz CT molecular complexity index is 639. The lowest BCUT2D eigenvalue weighted by Crippen LogP contribution is -1.97. The molecule has 1 heterocycles. The van der Waals surface area contributed by atoms with Gasteiger partial charge in [0, 0.05) is 6.07 Å². The summed E-state index contributed by atoms with van der Waals surface area (Å²) in [7, 11) is 0. The first-order chi connectivity index (χ1) is 10.0. The average Bonchev–Trinajstić information content (AvgIpc) is 2.48. The Labute approximate surface area is 122 Å². The molecule has 0 spiro atoms. The summed E-state index contributed by atoms with van der Waals surface area (Å²) < 4.78 is 5.52. The molecule has 2 rings (SSSR count). The first kappa shape index (κ1) is 14.9. The molecule has 6 nitrogen and oxygen atoms in total. The number of nitro groups is 1. The fraction of sp³-hybridized carbons (Fsp3) is 0.267. The summed E-state index contributed by atoms with van der Waals surface area (Å²) in [5.41, 5.74) is 1.31. The van der Waals surface area contributed by atoms with Crippen LogP contribution in [0.2, 0.25) is 0 Å². The molecule has 0 fully saturated rings. The standard InChI is InChI=1S/C15H16N2O4/c1-3-11-4-7-15(14(8-11)17(19)20)21-12-5-6-13(10(2)18)16-9-12/h4-10,18H,3H2,1-2H3. The highest BCUT2D eigenvalue weighted by molar-refractivity contribution is 5.50. The van der Waals surface area contributed by atoms with Crippen LogP contribution < -0.4 is 4.74 Å². The number of rotatable bonds is 5. The lowest BCUT2D eigenvalue weighted by molar-refractivity contribution is -0.385. The highest BCUT2D eigenvalue weighted by Gasteiger charge is 2.16. The van der Waals surface area contributed by atoms with Crippen LogP contribution in [0.1, 0.15) is 31.2 Å². The van der Waals surface area contributed by atoms with E-state index in [2.05, 4.69) is 4.98 Å². The molecule has 6 heteroatoms. The van der Waals surface area contributed by atoms with Gasteiger partial charge in [0.05, 0.1) is 22.9 Å². The lowest BCUT2D eigenvalue weighted by atomic mass is 10.1. The van der Waals surface area contributed by atoms with Crippen molar-refractivity contribution in [2.75, 3.05) is 0 Å². The van der Waals surface area contributed by atoms with Crippen molar-refractivity contribution in [1.29, 1.82) is 0 Å². The van der Waals surface area contributed by atoms with Gasteiger partial charge in [0.25, 0.3) is 0 Å². The van der Waals surface area contributed by atoms with Crippen LogP contribution in [0.4, 0.5) is 5.69 Å². The third-order valence-electron chi connectivity index (χ3n) is 3.04. The normalized spacial score (nSPS) is 12.0. The highest BCUT2D eigenvalue weighted by Crippen LogP contribution is 2.32. The van der Waals surface area contributed by atoms with Crippen LogP contribution in [0.5, 0.6) is 11.5 Å². The van der Waals surface area contributed by atoms with Crippen molar-refractivity contribution in [1.82, 2.24) is 4.98 Å². The minimum atomic E-state index is -0.669. The van der Waals surface area contributed by atoms with Gasteiger partial charge in [-0.25, -0.2) is 0 Å². The van der Waals surface area contributed by atoms with Crippen LogP contribution in [0.3, 0.4) is 0 Å². The summed E-state index contributed by atoms with van der Waals surface area (Å²) >= 11 is 0. The zero-order valence-electron chi connectivity index (χ0n) is 11.8. The maximum Gasteiger partial charge on any atom is 0.311 e. The van der Waals surface area contributed by atoms with Gasteiger partial charge in [-0.2, -0.15) is 0 Å². The smallest absolute Gasteiger partial charge is 0.311 e. The van der Waals surface area contributed by atoms with E-state index in [4.69, 9.17) is 4.74 Å². The molecule has 1 aromatic carbocycles. The maximum absolute atomic E-state index is 11.1. The van der Waals surface area contributed by atoms with Crippen molar-refractivity contribution in [2.45, 2.75) is 26.4 Å². The van der Waals surface area contributed by atoms with Crippen LogP contribution >= 0.6 is 0 Å². The second kappa shape index (κ2) is 6.32. The van der Waals surface area contributed by atoms with Gasteiger partial charge in [-0.05, 0) is 37.1 Å². The van der Waals surface area contributed by atoms with Gasteiger partial charge in [0.1, 0.15) is 5.75 Å². The number of ether oxygens (including phenoxy) is 1. The van der Waals surface area contributed by atoms with Gasteiger partial charge in [0.15, 0.2) is 0 Å². The largest absolute Gasteiger partial charge is 0.449 e. The first-order valence-corrected chi connectivity index (χ1v) is 6.60. The van der Waals surface area contributed by atoms with Crippen LogP contribution in [0, 0.1) is 10.1 Å². The molecule has 1 aromatic heterocycles. The fourth-order valence-electron chi connectivity index (χ4n) is 1.84. The van der Waals surface area contributed by atoms with Crippen LogP contribution in [-0.2, 0) is 6.42 Å². The van der Waals surface area contributed by atoms with Crippen molar-refractivity contribution in [2.24, 2.45) is 0 Å². The second-order valence-corrected chi connectivity index (χ2v) is 4.61.